The lowest BCUT2D eigenvalue weighted by Crippen LogP contribution is -2.53. The second-order valence-electron chi connectivity index (χ2n) is 5.53. The molecule has 120 valence electrons. The van der Waals surface area contributed by atoms with Crippen LogP contribution in [0.3, 0.4) is 0 Å². The first-order chi connectivity index (χ1) is 10.6. The molecule has 1 saturated heterocycles. The van der Waals surface area contributed by atoms with Gasteiger partial charge in [0.1, 0.15) is 0 Å². The number of carbonyl (C=O) groups excluding carboxylic acids is 2. The quantitative estimate of drug-likeness (QED) is 0.766. The van der Waals surface area contributed by atoms with Crippen molar-refractivity contribution in [2.45, 2.75) is 13.0 Å². The molecule has 0 saturated carbocycles. The molecule has 0 aromatic heterocycles. The SMILES string of the molecule is CC(NC(=O)C(=O)N1CCN(CCN)CC1)c1ccccc1. The van der Waals surface area contributed by atoms with Crippen LogP contribution in [-0.4, -0.2) is 60.9 Å². The number of hydrogen-bond acceptors (Lipinski definition) is 4. The van der Waals surface area contributed by atoms with Crippen molar-refractivity contribution in [1.29, 1.82) is 0 Å². The number of carbonyl (C=O) groups is 2. The summed E-state index contributed by atoms with van der Waals surface area (Å²) in [6.07, 6.45) is 0. The molecule has 1 aliphatic rings. The van der Waals surface area contributed by atoms with Crippen LogP contribution >= 0.6 is 0 Å². The van der Waals surface area contributed by atoms with Gasteiger partial charge in [0.2, 0.25) is 0 Å². The lowest BCUT2D eigenvalue weighted by atomic mass is 10.1. The van der Waals surface area contributed by atoms with Gasteiger partial charge in [0.15, 0.2) is 0 Å². The summed E-state index contributed by atoms with van der Waals surface area (Å²) in [5.74, 6) is -0.987. The van der Waals surface area contributed by atoms with Gasteiger partial charge in [0.05, 0.1) is 6.04 Å². The third-order valence-electron chi connectivity index (χ3n) is 3.95. The van der Waals surface area contributed by atoms with Gasteiger partial charge in [-0.05, 0) is 12.5 Å². The maximum absolute atomic E-state index is 12.2. The average molecular weight is 304 g/mol. The zero-order chi connectivity index (χ0) is 15.9. The first-order valence-corrected chi connectivity index (χ1v) is 7.69. The van der Waals surface area contributed by atoms with E-state index in [0.717, 1.165) is 25.2 Å². The van der Waals surface area contributed by atoms with Crippen LogP contribution in [0, 0.1) is 0 Å². The molecule has 1 aliphatic heterocycles. The molecule has 1 unspecified atom stereocenters. The highest BCUT2D eigenvalue weighted by Gasteiger charge is 2.26. The summed E-state index contributed by atoms with van der Waals surface area (Å²) in [6.45, 7) is 6.01. The first-order valence-electron chi connectivity index (χ1n) is 7.69. The number of nitrogens with two attached hydrogens (primary N) is 1. The molecule has 1 aromatic rings. The molecule has 22 heavy (non-hydrogen) atoms. The van der Waals surface area contributed by atoms with Crippen LogP contribution in [0.1, 0.15) is 18.5 Å². The molecule has 2 rings (SSSR count). The maximum atomic E-state index is 12.2. The zero-order valence-electron chi connectivity index (χ0n) is 13.0. The summed E-state index contributed by atoms with van der Waals surface area (Å²) in [4.78, 5) is 28.1. The largest absolute Gasteiger partial charge is 0.341 e. The Balaban J connectivity index is 1.84. The third-order valence-corrected chi connectivity index (χ3v) is 3.95. The van der Waals surface area contributed by atoms with E-state index in [-0.39, 0.29) is 6.04 Å². The van der Waals surface area contributed by atoms with Gasteiger partial charge in [0, 0.05) is 39.3 Å². The van der Waals surface area contributed by atoms with Crippen LogP contribution in [0.4, 0.5) is 0 Å². The predicted octanol–water partition coefficient (Wildman–Crippen LogP) is -0.0333. The molecule has 6 nitrogen and oxygen atoms in total. The van der Waals surface area contributed by atoms with E-state index in [4.69, 9.17) is 5.73 Å². The monoisotopic (exact) mass is 304 g/mol. The molecule has 1 fully saturated rings. The van der Waals surface area contributed by atoms with E-state index in [1.165, 1.54) is 0 Å². The molecule has 1 aromatic carbocycles. The Labute approximate surface area is 131 Å². The Morgan fingerprint density at radius 3 is 2.41 bits per heavy atom. The minimum atomic E-state index is -0.538. The number of hydrogen-bond donors (Lipinski definition) is 2. The first kappa shape index (κ1) is 16.5. The molecule has 1 heterocycles. The van der Waals surface area contributed by atoms with Crippen molar-refractivity contribution >= 4 is 11.8 Å². The number of rotatable bonds is 4. The fourth-order valence-corrected chi connectivity index (χ4v) is 2.58. The van der Waals surface area contributed by atoms with Crippen LogP contribution < -0.4 is 11.1 Å². The Hall–Kier alpha value is -1.92. The zero-order valence-corrected chi connectivity index (χ0v) is 13.0. The van der Waals surface area contributed by atoms with Crippen LogP contribution in [-0.2, 0) is 9.59 Å². The number of amides is 2. The minimum absolute atomic E-state index is 0.184. The molecule has 0 bridgehead atoms. The number of nitrogens with one attached hydrogen (secondary N) is 1. The summed E-state index contributed by atoms with van der Waals surface area (Å²) in [5.41, 5.74) is 6.51. The lowest BCUT2D eigenvalue weighted by molar-refractivity contribution is -0.147. The molecule has 3 N–H and O–H groups in total. The normalized spacial score (nSPS) is 17.1. The second kappa shape index (κ2) is 7.91. The lowest BCUT2D eigenvalue weighted by Gasteiger charge is -2.34. The Morgan fingerprint density at radius 2 is 1.82 bits per heavy atom. The minimum Gasteiger partial charge on any atom is -0.341 e. The van der Waals surface area contributed by atoms with Crippen molar-refractivity contribution in [3.8, 4) is 0 Å². The van der Waals surface area contributed by atoms with E-state index in [1.54, 1.807) is 4.90 Å². The van der Waals surface area contributed by atoms with E-state index in [1.807, 2.05) is 37.3 Å². The molecule has 2 amide bonds. The van der Waals surface area contributed by atoms with E-state index in [0.29, 0.717) is 19.6 Å². The van der Waals surface area contributed by atoms with E-state index in [9.17, 15) is 9.59 Å². The molecule has 1 atom stereocenters. The number of benzene rings is 1. The second-order valence-corrected chi connectivity index (χ2v) is 5.53. The van der Waals surface area contributed by atoms with Crippen molar-refractivity contribution in [2.75, 3.05) is 39.3 Å². The standard InChI is InChI=1S/C16H24N4O2/c1-13(14-5-3-2-4-6-14)18-15(21)16(22)20-11-9-19(8-7-17)10-12-20/h2-6,13H,7-12,17H2,1H3,(H,18,21). The van der Waals surface area contributed by atoms with Gasteiger partial charge in [-0.2, -0.15) is 0 Å². The average Bonchev–Trinajstić information content (AvgIpc) is 2.56. The fourth-order valence-electron chi connectivity index (χ4n) is 2.58. The van der Waals surface area contributed by atoms with Crippen molar-refractivity contribution < 1.29 is 9.59 Å². The molecule has 6 heteroatoms. The maximum Gasteiger partial charge on any atom is 0.311 e. The van der Waals surface area contributed by atoms with Gasteiger partial charge >= 0.3 is 11.8 Å². The smallest absolute Gasteiger partial charge is 0.311 e. The van der Waals surface area contributed by atoms with Gasteiger partial charge in [-0.3, -0.25) is 14.5 Å². The van der Waals surface area contributed by atoms with Gasteiger partial charge in [-0.25, -0.2) is 0 Å². The Bertz CT molecular complexity index is 498. The van der Waals surface area contributed by atoms with Gasteiger partial charge in [-0.1, -0.05) is 30.3 Å². The topological polar surface area (TPSA) is 78.7 Å². The van der Waals surface area contributed by atoms with Crippen LogP contribution in [0.5, 0.6) is 0 Å². The molecular weight excluding hydrogens is 280 g/mol. The Morgan fingerprint density at radius 1 is 1.18 bits per heavy atom. The van der Waals surface area contributed by atoms with Crippen LogP contribution in [0.2, 0.25) is 0 Å². The van der Waals surface area contributed by atoms with Crippen molar-refractivity contribution in [1.82, 2.24) is 15.1 Å². The molecule has 0 spiro atoms. The highest BCUT2D eigenvalue weighted by molar-refractivity contribution is 6.35. The Kier molecular flexibility index (Phi) is 5.91. The van der Waals surface area contributed by atoms with Gasteiger partial charge in [-0.15, -0.1) is 0 Å². The molecule has 0 aliphatic carbocycles. The highest BCUT2D eigenvalue weighted by Crippen LogP contribution is 2.11. The summed E-state index contributed by atoms with van der Waals surface area (Å²) in [5, 5.41) is 2.77. The van der Waals surface area contributed by atoms with Crippen molar-refractivity contribution in [3.05, 3.63) is 35.9 Å². The van der Waals surface area contributed by atoms with Crippen LogP contribution in [0.15, 0.2) is 30.3 Å². The fraction of sp³-hybridized carbons (Fsp3) is 0.500. The van der Waals surface area contributed by atoms with E-state index < -0.39 is 11.8 Å². The molecule has 0 radical (unpaired) electrons. The number of nitrogens with zero attached hydrogens (tertiary/aromatic N) is 2. The van der Waals surface area contributed by atoms with Gasteiger partial charge < -0.3 is 16.0 Å². The third kappa shape index (κ3) is 4.29. The predicted molar refractivity (Wildman–Crippen MR) is 85.1 cm³/mol. The summed E-state index contributed by atoms with van der Waals surface area (Å²) < 4.78 is 0. The summed E-state index contributed by atoms with van der Waals surface area (Å²) >= 11 is 0. The molecular formula is C16H24N4O2. The van der Waals surface area contributed by atoms with Crippen LogP contribution in [0.25, 0.3) is 0 Å². The van der Waals surface area contributed by atoms with E-state index >= 15 is 0 Å². The number of piperazine rings is 1. The van der Waals surface area contributed by atoms with Crippen molar-refractivity contribution in [2.24, 2.45) is 5.73 Å². The summed E-state index contributed by atoms with van der Waals surface area (Å²) in [7, 11) is 0. The highest BCUT2D eigenvalue weighted by atomic mass is 16.2. The summed E-state index contributed by atoms with van der Waals surface area (Å²) in [6, 6.07) is 9.43. The van der Waals surface area contributed by atoms with Gasteiger partial charge in [0.25, 0.3) is 0 Å². The van der Waals surface area contributed by atoms with E-state index in [2.05, 4.69) is 10.2 Å². The van der Waals surface area contributed by atoms with Crippen molar-refractivity contribution in [3.63, 3.8) is 0 Å².